The zero-order valence-electron chi connectivity index (χ0n) is 21.6. The van der Waals surface area contributed by atoms with Gasteiger partial charge in [0.15, 0.2) is 5.78 Å². The topological polar surface area (TPSA) is 110 Å². The van der Waals surface area contributed by atoms with E-state index >= 15 is 0 Å². The lowest BCUT2D eigenvalue weighted by Crippen LogP contribution is -2.50. The molecule has 9 heteroatoms. The van der Waals surface area contributed by atoms with Gasteiger partial charge in [0.25, 0.3) is 0 Å². The van der Waals surface area contributed by atoms with Crippen molar-refractivity contribution in [3.8, 4) is 11.5 Å². The molecule has 40 heavy (non-hydrogen) atoms. The molecular weight excluding hydrogens is 512 g/mol. The molecule has 9 nitrogen and oxygen atoms in total. The lowest BCUT2D eigenvalue weighted by Gasteiger charge is -2.36. The van der Waals surface area contributed by atoms with Gasteiger partial charge in [-0.05, 0) is 67.1 Å². The Morgan fingerprint density at radius 2 is 1.38 bits per heavy atom. The van der Waals surface area contributed by atoms with E-state index in [0.717, 1.165) is 16.2 Å². The summed E-state index contributed by atoms with van der Waals surface area (Å²) in [7, 11) is 0. The maximum Gasteiger partial charge on any atom is 0.335 e. The van der Waals surface area contributed by atoms with Crippen molar-refractivity contribution in [2.24, 2.45) is 11.8 Å². The minimum absolute atomic E-state index is 0.118. The molecule has 3 heterocycles. The molecule has 0 unspecified atom stereocenters. The lowest BCUT2D eigenvalue weighted by atomic mass is 9.89. The molecule has 0 saturated carbocycles. The second-order valence-corrected chi connectivity index (χ2v) is 9.91. The number of hydrogen-bond acceptors (Lipinski definition) is 8. The minimum Gasteiger partial charge on any atom is -0.427 e. The number of amides is 2. The highest BCUT2D eigenvalue weighted by Gasteiger charge is 2.65. The molecule has 0 bridgehead atoms. The average Bonchev–Trinajstić information content (AvgIpc) is 3.42. The Bertz CT molecular complexity index is 1590. The predicted octanol–water partition coefficient (Wildman–Crippen LogP) is 3.81. The fourth-order valence-corrected chi connectivity index (χ4v) is 5.80. The number of hydrogen-bond donors (Lipinski definition) is 0. The van der Waals surface area contributed by atoms with Crippen LogP contribution in [0.1, 0.15) is 29.8 Å². The number of benzene rings is 3. The van der Waals surface area contributed by atoms with Crippen LogP contribution in [0, 0.1) is 11.8 Å². The number of anilines is 2. The first kappa shape index (κ1) is 25.2. The maximum atomic E-state index is 13.9. The van der Waals surface area contributed by atoms with E-state index in [1.54, 1.807) is 12.1 Å². The summed E-state index contributed by atoms with van der Waals surface area (Å²) in [6, 6.07) is 18.1. The van der Waals surface area contributed by atoms with Gasteiger partial charge in [-0.3, -0.25) is 19.2 Å². The zero-order valence-corrected chi connectivity index (χ0v) is 21.6. The Hall–Kier alpha value is -5.05. The molecule has 3 aromatic rings. The quantitative estimate of drug-likeness (QED) is 0.210. The molecule has 2 amide bonds. The van der Waals surface area contributed by atoms with Crippen molar-refractivity contribution in [2.75, 3.05) is 9.80 Å². The van der Waals surface area contributed by atoms with Gasteiger partial charge in [0.2, 0.25) is 11.8 Å². The monoisotopic (exact) mass is 536 g/mol. The van der Waals surface area contributed by atoms with Gasteiger partial charge in [-0.25, -0.2) is 9.69 Å². The first-order valence-electron chi connectivity index (χ1n) is 12.8. The summed E-state index contributed by atoms with van der Waals surface area (Å²) in [4.78, 5) is 67.4. The summed E-state index contributed by atoms with van der Waals surface area (Å²) in [5.74, 6) is -3.51. The van der Waals surface area contributed by atoms with E-state index in [1.165, 1.54) is 50.2 Å². The number of carbonyl (C=O) groups excluding carboxylic acids is 5. The third-order valence-corrected chi connectivity index (χ3v) is 7.49. The predicted molar refractivity (Wildman–Crippen MR) is 145 cm³/mol. The van der Waals surface area contributed by atoms with Crippen molar-refractivity contribution in [1.29, 1.82) is 0 Å². The number of nitrogens with zero attached hydrogens (tertiary/aromatic N) is 2. The highest BCUT2D eigenvalue weighted by molar-refractivity contribution is 6.24. The third-order valence-electron chi connectivity index (χ3n) is 7.49. The standard InChI is InChI=1S/C31H24N2O7/c1-17(34)19-7-12-23(13-8-19)40-31(38)28-27-26(25-16-9-20-5-3-4-6-24(20)33(25)28)29(36)32(30(27)37)21-10-14-22(15-11-21)39-18(2)35/h3-16,25-28H,1-2H3/t25-,26+,27-,28+/m1/s1. The van der Waals surface area contributed by atoms with Crippen LogP contribution in [0.2, 0.25) is 0 Å². The molecule has 0 N–H and O–H groups in total. The van der Waals surface area contributed by atoms with Crippen molar-refractivity contribution >= 4 is 47.0 Å². The number of ketones is 1. The molecule has 3 aliphatic heterocycles. The van der Waals surface area contributed by atoms with Crippen LogP contribution in [0.4, 0.5) is 11.4 Å². The molecule has 3 aliphatic rings. The van der Waals surface area contributed by atoms with Gasteiger partial charge in [-0.15, -0.1) is 0 Å². The second kappa shape index (κ2) is 9.60. The highest BCUT2D eigenvalue weighted by Crippen LogP contribution is 2.49. The number of ether oxygens (including phenoxy) is 2. The van der Waals surface area contributed by atoms with E-state index in [1.807, 2.05) is 41.3 Å². The largest absolute Gasteiger partial charge is 0.427 e. The van der Waals surface area contributed by atoms with Gasteiger partial charge in [-0.1, -0.05) is 30.4 Å². The fourth-order valence-electron chi connectivity index (χ4n) is 5.80. The van der Waals surface area contributed by atoms with Crippen molar-refractivity contribution < 1.29 is 33.4 Å². The van der Waals surface area contributed by atoms with Gasteiger partial charge in [0.05, 0.1) is 23.6 Å². The Morgan fingerprint density at radius 1 is 0.750 bits per heavy atom. The van der Waals surface area contributed by atoms with Gasteiger partial charge in [-0.2, -0.15) is 0 Å². The van der Waals surface area contributed by atoms with Crippen LogP contribution in [-0.2, 0) is 19.2 Å². The molecule has 3 aromatic carbocycles. The molecule has 0 aliphatic carbocycles. The molecule has 0 aromatic heterocycles. The van der Waals surface area contributed by atoms with E-state index in [4.69, 9.17) is 9.47 Å². The molecule has 4 atom stereocenters. The van der Waals surface area contributed by atoms with Crippen molar-refractivity contribution in [3.63, 3.8) is 0 Å². The average molecular weight is 537 g/mol. The molecular formula is C31H24N2O7. The summed E-state index contributed by atoms with van der Waals surface area (Å²) in [6.45, 7) is 2.72. The van der Waals surface area contributed by atoms with Gasteiger partial charge in [0.1, 0.15) is 17.5 Å². The Morgan fingerprint density at radius 3 is 2.05 bits per heavy atom. The molecule has 200 valence electrons. The third kappa shape index (κ3) is 4.07. The number of carbonyl (C=O) groups is 5. The number of imide groups is 1. The Kier molecular flexibility index (Phi) is 6.06. The zero-order chi connectivity index (χ0) is 28.1. The number of Topliss-reactive ketones (excluding diaryl/α,β-unsaturated/α-hetero) is 1. The van der Waals surface area contributed by atoms with Crippen LogP contribution in [0.5, 0.6) is 11.5 Å². The number of rotatable bonds is 5. The van der Waals surface area contributed by atoms with Crippen molar-refractivity contribution in [2.45, 2.75) is 25.9 Å². The smallest absolute Gasteiger partial charge is 0.335 e. The second-order valence-electron chi connectivity index (χ2n) is 9.91. The first-order valence-corrected chi connectivity index (χ1v) is 12.8. The van der Waals surface area contributed by atoms with Crippen molar-refractivity contribution in [3.05, 3.63) is 90.0 Å². The summed E-state index contributed by atoms with van der Waals surface area (Å²) in [6.07, 6.45) is 3.75. The van der Waals surface area contributed by atoms with Crippen LogP contribution in [0.3, 0.4) is 0 Å². The summed E-state index contributed by atoms with van der Waals surface area (Å²) in [5, 5.41) is 0. The van der Waals surface area contributed by atoms with Crippen LogP contribution >= 0.6 is 0 Å². The molecule has 6 rings (SSSR count). The van der Waals surface area contributed by atoms with E-state index in [9.17, 15) is 24.0 Å². The van der Waals surface area contributed by atoms with Gasteiger partial charge < -0.3 is 14.4 Å². The van der Waals surface area contributed by atoms with Crippen LogP contribution in [0.25, 0.3) is 6.08 Å². The highest BCUT2D eigenvalue weighted by atomic mass is 16.5. The Balaban J connectivity index is 1.37. The summed E-state index contributed by atoms with van der Waals surface area (Å²) < 4.78 is 10.8. The van der Waals surface area contributed by atoms with Crippen molar-refractivity contribution in [1.82, 2.24) is 0 Å². The van der Waals surface area contributed by atoms with E-state index in [0.29, 0.717) is 11.3 Å². The maximum absolute atomic E-state index is 13.9. The SMILES string of the molecule is CC(=O)Oc1ccc(N2C(=O)[C@@H]3[C@@H](C2=O)[C@@H](C(=O)Oc2ccc(C(C)=O)cc2)N2c4ccccc4C=C[C@H]32)cc1. The normalized spacial score (nSPS) is 22.4. The van der Waals surface area contributed by atoms with Gasteiger partial charge >= 0.3 is 11.9 Å². The molecule has 2 fully saturated rings. The fraction of sp³-hybridized carbons (Fsp3) is 0.194. The minimum atomic E-state index is -1.07. The van der Waals surface area contributed by atoms with E-state index in [-0.39, 0.29) is 17.3 Å². The van der Waals surface area contributed by atoms with E-state index < -0.39 is 47.7 Å². The van der Waals surface area contributed by atoms with Crippen LogP contribution in [0.15, 0.2) is 78.9 Å². The summed E-state index contributed by atoms with van der Waals surface area (Å²) in [5.41, 5.74) is 2.39. The van der Waals surface area contributed by atoms with Gasteiger partial charge in [0, 0.05) is 18.2 Å². The Labute approximate surface area is 229 Å². The number of esters is 2. The lowest BCUT2D eigenvalue weighted by molar-refractivity contribution is -0.139. The number of fused-ring (bicyclic) bond motifs is 5. The molecule has 0 radical (unpaired) electrons. The van der Waals surface area contributed by atoms with Crippen LogP contribution in [-0.4, -0.2) is 41.6 Å². The summed E-state index contributed by atoms with van der Waals surface area (Å²) >= 11 is 0. The van der Waals surface area contributed by atoms with Crippen LogP contribution < -0.4 is 19.3 Å². The molecule has 0 spiro atoms. The molecule has 2 saturated heterocycles. The van der Waals surface area contributed by atoms with E-state index in [2.05, 4.69) is 0 Å². The first-order chi connectivity index (χ1) is 19.2. The number of para-hydroxylation sites is 1.